The second-order valence-electron chi connectivity index (χ2n) is 4.32. The van der Waals surface area contributed by atoms with Crippen LogP contribution in [0.4, 0.5) is 0 Å². The average molecular weight is 270 g/mol. The van der Waals surface area contributed by atoms with Crippen molar-refractivity contribution in [2.45, 2.75) is 38.6 Å². The monoisotopic (exact) mass is 269 g/mol. The van der Waals surface area contributed by atoms with Gasteiger partial charge in [0.15, 0.2) is 0 Å². The zero-order valence-electron chi connectivity index (χ0n) is 8.79. The van der Waals surface area contributed by atoms with Crippen molar-refractivity contribution in [2.24, 2.45) is 5.92 Å². The molecule has 0 atom stereocenters. The van der Waals surface area contributed by atoms with Crippen molar-refractivity contribution in [2.75, 3.05) is 0 Å². The van der Waals surface area contributed by atoms with E-state index in [0.717, 1.165) is 6.54 Å². The van der Waals surface area contributed by atoms with Gasteiger partial charge in [-0.3, -0.25) is 4.79 Å². The van der Waals surface area contributed by atoms with E-state index in [1.807, 2.05) is 16.8 Å². The highest BCUT2D eigenvalue weighted by atomic mass is 79.9. The summed E-state index contributed by atoms with van der Waals surface area (Å²) in [4.78, 5) is 11.8. The van der Waals surface area contributed by atoms with Crippen LogP contribution in [-0.4, -0.2) is 4.57 Å². The summed E-state index contributed by atoms with van der Waals surface area (Å²) in [6.45, 7) is 0.887. The van der Waals surface area contributed by atoms with Crippen LogP contribution < -0.4 is 5.56 Å². The normalized spacial score (nSPS) is 17.9. The van der Waals surface area contributed by atoms with Crippen LogP contribution >= 0.6 is 15.9 Å². The molecular weight excluding hydrogens is 254 g/mol. The molecule has 0 radical (unpaired) electrons. The first-order valence-electron chi connectivity index (χ1n) is 5.62. The lowest BCUT2D eigenvalue weighted by Gasteiger charge is -2.22. The molecule has 1 saturated carbocycles. The molecule has 0 N–H and O–H groups in total. The van der Waals surface area contributed by atoms with Crippen molar-refractivity contribution < 1.29 is 0 Å². The molecule has 2 nitrogen and oxygen atoms in total. The largest absolute Gasteiger partial charge is 0.314 e. The zero-order chi connectivity index (χ0) is 10.7. The van der Waals surface area contributed by atoms with Crippen LogP contribution in [0.25, 0.3) is 0 Å². The average Bonchev–Trinajstić information content (AvgIpc) is 2.26. The predicted octanol–water partition coefficient (Wildman–Crippen LogP) is 3.19. The van der Waals surface area contributed by atoms with Crippen molar-refractivity contribution in [3.05, 3.63) is 33.2 Å². The lowest BCUT2D eigenvalue weighted by molar-refractivity contribution is 0.316. The summed E-state index contributed by atoms with van der Waals surface area (Å²) in [6.07, 6.45) is 8.46. The molecule has 0 bridgehead atoms. The van der Waals surface area contributed by atoms with Crippen molar-refractivity contribution in [3.8, 4) is 0 Å². The Morgan fingerprint density at radius 3 is 2.80 bits per heavy atom. The van der Waals surface area contributed by atoms with Gasteiger partial charge in [-0.1, -0.05) is 19.3 Å². The van der Waals surface area contributed by atoms with Gasteiger partial charge in [0.1, 0.15) is 0 Å². The zero-order valence-corrected chi connectivity index (χ0v) is 10.4. The maximum atomic E-state index is 11.8. The van der Waals surface area contributed by atoms with Crippen LogP contribution in [0, 0.1) is 5.92 Å². The molecule has 0 unspecified atom stereocenters. The molecule has 0 spiro atoms. The minimum Gasteiger partial charge on any atom is -0.314 e. The van der Waals surface area contributed by atoms with Crippen LogP contribution in [0.5, 0.6) is 0 Å². The van der Waals surface area contributed by atoms with Crippen LogP contribution in [0.15, 0.2) is 27.6 Å². The third-order valence-corrected chi connectivity index (χ3v) is 3.76. The summed E-state index contributed by atoms with van der Waals surface area (Å²) in [5.41, 5.74) is 0.100. The summed E-state index contributed by atoms with van der Waals surface area (Å²) in [6, 6.07) is 3.73. The van der Waals surface area contributed by atoms with Crippen LogP contribution in [0.2, 0.25) is 0 Å². The van der Waals surface area contributed by atoms with E-state index in [9.17, 15) is 4.79 Å². The molecule has 1 aromatic heterocycles. The Morgan fingerprint density at radius 2 is 2.07 bits per heavy atom. The van der Waals surface area contributed by atoms with Gasteiger partial charge in [-0.15, -0.1) is 0 Å². The van der Waals surface area contributed by atoms with Gasteiger partial charge in [-0.2, -0.15) is 0 Å². The van der Waals surface area contributed by atoms with E-state index in [4.69, 9.17) is 0 Å². The highest BCUT2D eigenvalue weighted by molar-refractivity contribution is 9.10. The highest BCUT2D eigenvalue weighted by Gasteiger charge is 2.14. The molecule has 82 valence electrons. The second-order valence-corrected chi connectivity index (χ2v) is 5.17. The maximum Gasteiger partial charge on any atom is 0.264 e. The number of pyridine rings is 1. The highest BCUT2D eigenvalue weighted by Crippen LogP contribution is 2.24. The Hall–Kier alpha value is -0.570. The number of rotatable bonds is 2. The summed E-state index contributed by atoms with van der Waals surface area (Å²) in [7, 11) is 0. The molecule has 0 saturated heterocycles. The van der Waals surface area contributed by atoms with E-state index in [-0.39, 0.29) is 5.56 Å². The predicted molar refractivity (Wildman–Crippen MR) is 65.0 cm³/mol. The van der Waals surface area contributed by atoms with Gasteiger partial charge in [-0.05, 0) is 46.8 Å². The van der Waals surface area contributed by atoms with Gasteiger partial charge in [0.25, 0.3) is 5.56 Å². The van der Waals surface area contributed by atoms with E-state index in [0.29, 0.717) is 10.4 Å². The molecule has 0 aromatic carbocycles. The second kappa shape index (κ2) is 4.97. The molecule has 1 heterocycles. The minimum atomic E-state index is 0.100. The standard InChI is InChI=1S/C12H16BrNO/c13-11-7-4-8-14(12(11)15)9-10-5-2-1-3-6-10/h4,7-8,10H,1-3,5-6,9H2. The van der Waals surface area contributed by atoms with E-state index in [2.05, 4.69) is 15.9 Å². The number of hydrogen-bond acceptors (Lipinski definition) is 1. The topological polar surface area (TPSA) is 22.0 Å². The number of halogens is 1. The fourth-order valence-corrected chi connectivity index (χ4v) is 2.68. The molecule has 1 fully saturated rings. The molecule has 15 heavy (non-hydrogen) atoms. The Morgan fingerprint density at radius 1 is 1.33 bits per heavy atom. The molecular formula is C12H16BrNO. The third-order valence-electron chi connectivity index (χ3n) is 3.15. The van der Waals surface area contributed by atoms with E-state index < -0.39 is 0 Å². The molecule has 1 aliphatic rings. The first-order valence-corrected chi connectivity index (χ1v) is 6.41. The van der Waals surface area contributed by atoms with Gasteiger partial charge < -0.3 is 4.57 Å². The SMILES string of the molecule is O=c1c(Br)cccn1CC1CCCCC1. The van der Waals surface area contributed by atoms with Gasteiger partial charge in [0.2, 0.25) is 0 Å². The van der Waals surface area contributed by atoms with E-state index in [1.54, 1.807) is 6.07 Å². The molecule has 1 aliphatic carbocycles. The Labute approximate surface area is 98.4 Å². The Bertz CT molecular complexity index is 379. The lowest BCUT2D eigenvalue weighted by atomic mass is 9.89. The molecule has 2 rings (SSSR count). The fraction of sp³-hybridized carbons (Fsp3) is 0.583. The maximum absolute atomic E-state index is 11.8. The van der Waals surface area contributed by atoms with Crippen LogP contribution in [0.3, 0.4) is 0 Å². The summed E-state index contributed by atoms with van der Waals surface area (Å²) in [5, 5.41) is 0. The number of aromatic nitrogens is 1. The van der Waals surface area contributed by atoms with E-state index in [1.165, 1.54) is 32.1 Å². The lowest BCUT2D eigenvalue weighted by Crippen LogP contribution is -2.24. The number of hydrogen-bond donors (Lipinski definition) is 0. The van der Waals surface area contributed by atoms with Crippen LogP contribution in [0.1, 0.15) is 32.1 Å². The quantitative estimate of drug-likeness (QED) is 0.809. The minimum absolute atomic E-state index is 0.100. The van der Waals surface area contributed by atoms with Crippen molar-refractivity contribution in [3.63, 3.8) is 0 Å². The number of nitrogens with zero attached hydrogens (tertiary/aromatic N) is 1. The summed E-state index contributed by atoms with van der Waals surface area (Å²) in [5.74, 6) is 0.700. The van der Waals surface area contributed by atoms with Crippen molar-refractivity contribution in [1.29, 1.82) is 0 Å². The first kappa shape index (κ1) is 10.9. The smallest absolute Gasteiger partial charge is 0.264 e. The van der Waals surface area contributed by atoms with Gasteiger partial charge >= 0.3 is 0 Å². The van der Waals surface area contributed by atoms with Gasteiger partial charge in [0.05, 0.1) is 4.47 Å². The third kappa shape index (κ3) is 2.71. The van der Waals surface area contributed by atoms with Gasteiger partial charge in [0, 0.05) is 12.7 Å². The van der Waals surface area contributed by atoms with Crippen LogP contribution in [-0.2, 0) is 6.54 Å². The molecule has 3 heteroatoms. The summed E-state index contributed by atoms with van der Waals surface area (Å²) >= 11 is 3.28. The Balaban J connectivity index is 2.09. The molecule has 0 amide bonds. The molecule has 0 aliphatic heterocycles. The first-order chi connectivity index (χ1) is 7.27. The fourth-order valence-electron chi connectivity index (χ4n) is 2.30. The molecule has 1 aromatic rings. The van der Waals surface area contributed by atoms with Gasteiger partial charge in [-0.25, -0.2) is 0 Å². The van der Waals surface area contributed by atoms with Crippen molar-refractivity contribution in [1.82, 2.24) is 4.57 Å². The Kier molecular flexibility index (Phi) is 3.62. The summed E-state index contributed by atoms with van der Waals surface area (Å²) < 4.78 is 2.50. The van der Waals surface area contributed by atoms with E-state index >= 15 is 0 Å². The van der Waals surface area contributed by atoms with Crippen molar-refractivity contribution >= 4 is 15.9 Å².